The largest absolute Gasteiger partial charge is 0.446 e. The Bertz CT molecular complexity index is 1300. The smallest absolute Gasteiger partial charge is 0.444 e. The number of aromatic nitrogens is 4. The van der Waals surface area contributed by atoms with E-state index in [4.69, 9.17) is 13.9 Å². The van der Waals surface area contributed by atoms with Crippen LogP contribution in [-0.4, -0.2) is 49.7 Å². The van der Waals surface area contributed by atoms with Crippen molar-refractivity contribution in [1.29, 1.82) is 0 Å². The monoisotopic (exact) mass is 549 g/mol. The number of amides is 1. The Balaban J connectivity index is 1.30. The number of hydrogen-bond donors (Lipinski definition) is 0. The lowest BCUT2D eigenvalue weighted by Crippen LogP contribution is -2.36. The molecule has 1 saturated heterocycles. The van der Waals surface area contributed by atoms with E-state index in [0.29, 0.717) is 54.3 Å². The van der Waals surface area contributed by atoms with Crippen LogP contribution in [0.5, 0.6) is 0 Å². The van der Waals surface area contributed by atoms with Crippen molar-refractivity contribution < 1.29 is 23.1 Å². The van der Waals surface area contributed by atoms with Crippen LogP contribution in [0.25, 0.3) is 17.2 Å². The first-order valence-electron chi connectivity index (χ1n) is 11.4. The van der Waals surface area contributed by atoms with Crippen LogP contribution in [0.4, 0.5) is 9.18 Å². The predicted molar refractivity (Wildman–Crippen MR) is 124 cm³/mol. The van der Waals surface area contributed by atoms with Crippen molar-refractivity contribution >= 4 is 22.0 Å². The van der Waals surface area contributed by atoms with Gasteiger partial charge < -0.3 is 9.64 Å². The molecule has 186 valence electrons. The third-order valence-electron chi connectivity index (χ3n) is 6.52. The Morgan fingerprint density at radius 2 is 1.91 bits per heavy atom. The second kappa shape index (κ2) is 8.89. The number of fused-ring (bicyclic) bond motifs is 1. The highest BCUT2D eigenvalue weighted by molar-refractivity contribution is 9.10. The zero-order chi connectivity index (χ0) is 24.9. The SMILES string of the molecule is CC(C)(C)OC(=O)N1CC2CC(Cc3nonc3-c3noc(=O)n3-c3ccc(F)c(Br)c3)CC2C1. The number of rotatable bonds is 4. The van der Waals surface area contributed by atoms with Crippen LogP contribution >= 0.6 is 15.9 Å². The van der Waals surface area contributed by atoms with E-state index in [1.54, 1.807) is 4.90 Å². The molecule has 2 atom stereocenters. The molecule has 12 heteroatoms. The number of likely N-dealkylation sites (tertiary alicyclic amines) is 1. The zero-order valence-corrected chi connectivity index (χ0v) is 21.1. The molecule has 0 bridgehead atoms. The van der Waals surface area contributed by atoms with Crippen molar-refractivity contribution in [2.75, 3.05) is 13.1 Å². The molecule has 35 heavy (non-hydrogen) atoms. The highest BCUT2D eigenvalue weighted by atomic mass is 79.9. The normalized spacial score (nSPS) is 22.0. The quantitative estimate of drug-likeness (QED) is 0.475. The molecule has 1 saturated carbocycles. The van der Waals surface area contributed by atoms with Crippen LogP contribution in [0.15, 0.2) is 36.6 Å². The summed E-state index contributed by atoms with van der Waals surface area (Å²) in [6.45, 7) is 6.96. The van der Waals surface area contributed by atoms with Crippen molar-refractivity contribution in [2.24, 2.45) is 17.8 Å². The summed E-state index contributed by atoms with van der Waals surface area (Å²) in [6, 6.07) is 4.14. The van der Waals surface area contributed by atoms with Crippen molar-refractivity contribution in [3.63, 3.8) is 0 Å². The lowest BCUT2D eigenvalue weighted by Gasteiger charge is -2.25. The van der Waals surface area contributed by atoms with E-state index in [-0.39, 0.29) is 16.4 Å². The maximum absolute atomic E-state index is 13.7. The minimum atomic E-state index is -0.731. The maximum Gasteiger partial charge on any atom is 0.446 e. The van der Waals surface area contributed by atoms with Gasteiger partial charge in [0.2, 0.25) is 5.82 Å². The molecule has 5 rings (SSSR count). The fraction of sp³-hybridized carbons (Fsp3) is 0.522. The first kappa shape index (κ1) is 23.7. The molecule has 1 aliphatic heterocycles. The molecule has 2 fully saturated rings. The van der Waals surface area contributed by atoms with Gasteiger partial charge in [-0.05, 0) is 97.1 Å². The molecule has 0 radical (unpaired) electrons. The Kier molecular flexibility index (Phi) is 6.02. The van der Waals surface area contributed by atoms with Gasteiger partial charge in [-0.25, -0.2) is 23.2 Å². The molecule has 1 aromatic carbocycles. The van der Waals surface area contributed by atoms with Gasteiger partial charge in [0.15, 0.2) is 5.69 Å². The standard InChI is InChI=1S/C23H25BrFN5O5/c1-23(2,3)33-21(31)29-10-13-6-12(7-14(13)11-29)8-18-19(27-35-26-18)20-28-34-22(32)30(20)15-4-5-17(25)16(24)9-15/h4-5,9,12-14H,6-8,10-11H2,1-3H3. The summed E-state index contributed by atoms with van der Waals surface area (Å²) in [5.41, 5.74) is 0.733. The first-order chi connectivity index (χ1) is 16.6. The van der Waals surface area contributed by atoms with Gasteiger partial charge in [-0.15, -0.1) is 0 Å². The Morgan fingerprint density at radius 3 is 2.57 bits per heavy atom. The summed E-state index contributed by atoms with van der Waals surface area (Å²) in [5.74, 6) is 0.0727. The van der Waals surface area contributed by atoms with Gasteiger partial charge in [0, 0.05) is 13.1 Å². The Morgan fingerprint density at radius 1 is 1.20 bits per heavy atom. The van der Waals surface area contributed by atoms with Gasteiger partial charge in [-0.3, -0.25) is 4.52 Å². The summed E-state index contributed by atoms with van der Waals surface area (Å²) in [6.07, 6.45) is 2.20. The van der Waals surface area contributed by atoms with Gasteiger partial charge in [0.05, 0.1) is 10.2 Å². The molecule has 1 aliphatic carbocycles. The molecule has 2 unspecified atom stereocenters. The van der Waals surface area contributed by atoms with Gasteiger partial charge >= 0.3 is 11.8 Å². The molecular weight excluding hydrogens is 525 g/mol. The van der Waals surface area contributed by atoms with Crippen molar-refractivity contribution in [1.82, 2.24) is 24.9 Å². The van der Waals surface area contributed by atoms with Crippen LogP contribution in [0, 0.1) is 23.6 Å². The predicted octanol–water partition coefficient (Wildman–Crippen LogP) is 4.21. The minimum absolute atomic E-state index is 0.138. The summed E-state index contributed by atoms with van der Waals surface area (Å²) in [7, 11) is 0. The van der Waals surface area contributed by atoms with Gasteiger partial charge in [-0.2, -0.15) is 0 Å². The van der Waals surface area contributed by atoms with Crippen molar-refractivity contribution in [2.45, 2.75) is 45.6 Å². The lowest BCUT2D eigenvalue weighted by atomic mass is 9.98. The molecule has 0 spiro atoms. The lowest BCUT2D eigenvalue weighted by molar-refractivity contribution is 0.0277. The average Bonchev–Trinajstić information content (AvgIpc) is 3.52. The van der Waals surface area contributed by atoms with E-state index in [1.165, 1.54) is 22.8 Å². The van der Waals surface area contributed by atoms with Gasteiger partial charge in [-0.1, -0.05) is 10.3 Å². The Hall–Kier alpha value is -3.02. The summed E-state index contributed by atoms with van der Waals surface area (Å²) in [5, 5.41) is 11.9. The van der Waals surface area contributed by atoms with Gasteiger partial charge in [0.25, 0.3) is 0 Å². The molecular formula is C23H25BrFN5O5. The number of hydrogen-bond acceptors (Lipinski definition) is 8. The van der Waals surface area contributed by atoms with E-state index in [1.807, 2.05) is 20.8 Å². The second-order valence-electron chi connectivity index (χ2n) is 10.2. The van der Waals surface area contributed by atoms with E-state index in [9.17, 15) is 14.0 Å². The number of benzene rings is 1. The number of carbonyl (C=O) groups is 1. The highest BCUT2D eigenvalue weighted by Gasteiger charge is 2.43. The number of halogens is 2. The third-order valence-corrected chi connectivity index (χ3v) is 7.12. The third kappa shape index (κ3) is 4.75. The van der Waals surface area contributed by atoms with Gasteiger partial charge in [0.1, 0.15) is 17.1 Å². The fourth-order valence-corrected chi connectivity index (χ4v) is 5.47. The fourth-order valence-electron chi connectivity index (χ4n) is 5.10. The van der Waals surface area contributed by atoms with Crippen LogP contribution in [0.1, 0.15) is 39.3 Å². The molecule has 3 aromatic rings. The Labute approximate surface area is 208 Å². The van der Waals surface area contributed by atoms with E-state index >= 15 is 0 Å². The van der Waals surface area contributed by atoms with Crippen LogP contribution in [-0.2, 0) is 11.2 Å². The van der Waals surface area contributed by atoms with Crippen LogP contribution in [0.2, 0.25) is 0 Å². The summed E-state index contributed by atoms with van der Waals surface area (Å²) >= 11 is 3.13. The topological polar surface area (TPSA) is 116 Å². The maximum atomic E-state index is 13.7. The minimum Gasteiger partial charge on any atom is -0.444 e. The summed E-state index contributed by atoms with van der Waals surface area (Å²) < 4.78 is 30.5. The molecule has 1 amide bonds. The zero-order valence-electron chi connectivity index (χ0n) is 19.5. The van der Waals surface area contributed by atoms with E-state index in [2.05, 4.69) is 31.4 Å². The van der Waals surface area contributed by atoms with Crippen LogP contribution in [0.3, 0.4) is 0 Å². The molecule has 10 nitrogen and oxygen atoms in total. The van der Waals surface area contributed by atoms with E-state index in [0.717, 1.165) is 12.8 Å². The first-order valence-corrected chi connectivity index (χ1v) is 12.2. The average molecular weight is 550 g/mol. The van der Waals surface area contributed by atoms with Crippen molar-refractivity contribution in [3.8, 4) is 17.2 Å². The van der Waals surface area contributed by atoms with Crippen molar-refractivity contribution in [3.05, 3.63) is 44.7 Å². The number of nitrogens with zero attached hydrogens (tertiary/aromatic N) is 5. The molecule has 0 N–H and O–H groups in total. The molecule has 2 aliphatic rings. The molecule has 3 heterocycles. The van der Waals surface area contributed by atoms with E-state index < -0.39 is 17.2 Å². The van der Waals surface area contributed by atoms with Crippen LogP contribution < -0.4 is 5.76 Å². The molecule has 2 aromatic heterocycles. The summed E-state index contributed by atoms with van der Waals surface area (Å²) in [4.78, 5) is 26.6. The number of carbonyl (C=O) groups excluding carboxylic acids is 1. The second-order valence-corrected chi connectivity index (χ2v) is 11.1. The number of ether oxygens (including phenoxy) is 1. The highest BCUT2D eigenvalue weighted by Crippen LogP contribution is 2.43.